The summed E-state index contributed by atoms with van der Waals surface area (Å²) in [7, 11) is 0. The van der Waals surface area contributed by atoms with Crippen LogP contribution in [0, 0.1) is 5.92 Å². The third-order valence-electron chi connectivity index (χ3n) is 3.79. The fourth-order valence-corrected chi connectivity index (χ4v) is 2.76. The van der Waals surface area contributed by atoms with Crippen molar-refractivity contribution in [3.63, 3.8) is 0 Å². The van der Waals surface area contributed by atoms with E-state index in [4.69, 9.17) is 17.3 Å². The Bertz CT molecular complexity index is 459. The average molecular weight is 322 g/mol. The number of para-hydroxylation sites is 1. The van der Waals surface area contributed by atoms with Crippen molar-refractivity contribution in [2.24, 2.45) is 11.7 Å². The summed E-state index contributed by atoms with van der Waals surface area (Å²) in [5, 5.41) is 0.668. The Morgan fingerprint density at radius 1 is 1.14 bits per heavy atom. The summed E-state index contributed by atoms with van der Waals surface area (Å²) in [6.45, 7) is 2.10. The molecule has 1 aliphatic heterocycles. The van der Waals surface area contributed by atoms with Gasteiger partial charge in [0.15, 0.2) is 0 Å². The highest BCUT2D eigenvalue weighted by molar-refractivity contribution is 6.33. The van der Waals surface area contributed by atoms with E-state index in [0.717, 1.165) is 5.69 Å². The summed E-state index contributed by atoms with van der Waals surface area (Å²) in [4.78, 5) is 3.92. The maximum absolute atomic E-state index is 12.7. The molecule has 21 heavy (non-hydrogen) atoms. The normalized spacial score (nSPS) is 18.8. The molecular formula is C14H19ClF3N3. The van der Waals surface area contributed by atoms with E-state index in [2.05, 4.69) is 4.90 Å². The van der Waals surface area contributed by atoms with Gasteiger partial charge in [0, 0.05) is 39.3 Å². The van der Waals surface area contributed by atoms with Crippen molar-refractivity contribution in [3.05, 3.63) is 29.3 Å². The lowest BCUT2D eigenvalue weighted by Gasteiger charge is -2.38. The second-order valence-corrected chi connectivity index (χ2v) is 5.62. The van der Waals surface area contributed by atoms with Crippen LogP contribution in [-0.2, 0) is 0 Å². The van der Waals surface area contributed by atoms with E-state index >= 15 is 0 Å². The smallest absolute Gasteiger partial charge is 0.368 e. The molecule has 0 bridgehead atoms. The van der Waals surface area contributed by atoms with Gasteiger partial charge in [-0.15, -0.1) is 0 Å². The lowest BCUT2D eigenvalue weighted by molar-refractivity contribution is -0.176. The highest BCUT2D eigenvalue weighted by atomic mass is 35.5. The van der Waals surface area contributed by atoms with Crippen molar-refractivity contribution in [2.45, 2.75) is 6.18 Å². The van der Waals surface area contributed by atoms with Crippen LogP contribution in [0.4, 0.5) is 18.9 Å². The molecule has 2 rings (SSSR count). The lowest BCUT2D eigenvalue weighted by atomic mass is 10.1. The number of anilines is 1. The van der Waals surface area contributed by atoms with Crippen molar-refractivity contribution in [3.8, 4) is 0 Å². The van der Waals surface area contributed by atoms with E-state index < -0.39 is 12.1 Å². The molecule has 0 radical (unpaired) electrons. The Labute approximate surface area is 127 Å². The van der Waals surface area contributed by atoms with E-state index in [-0.39, 0.29) is 13.1 Å². The van der Waals surface area contributed by atoms with Gasteiger partial charge in [-0.1, -0.05) is 23.7 Å². The van der Waals surface area contributed by atoms with Crippen LogP contribution >= 0.6 is 11.6 Å². The van der Waals surface area contributed by atoms with Gasteiger partial charge in [0.1, 0.15) is 0 Å². The van der Waals surface area contributed by atoms with E-state index in [1.165, 1.54) is 0 Å². The molecule has 118 valence electrons. The Kier molecular flexibility index (Phi) is 5.35. The number of alkyl halides is 3. The topological polar surface area (TPSA) is 32.5 Å². The molecule has 1 atom stereocenters. The monoisotopic (exact) mass is 321 g/mol. The van der Waals surface area contributed by atoms with Gasteiger partial charge >= 0.3 is 6.18 Å². The maximum Gasteiger partial charge on any atom is 0.394 e. The number of hydrogen-bond donors (Lipinski definition) is 1. The first-order chi connectivity index (χ1) is 9.91. The molecule has 2 N–H and O–H groups in total. The molecule has 1 unspecified atom stereocenters. The predicted octanol–water partition coefficient (Wildman–Crippen LogP) is 2.60. The average Bonchev–Trinajstić information content (AvgIpc) is 2.45. The van der Waals surface area contributed by atoms with Crippen LogP contribution in [0.3, 0.4) is 0 Å². The molecular weight excluding hydrogens is 303 g/mol. The zero-order chi connectivity index (χ0) is 15.5. The van der Waals surface area contributed by atoms with Crippen molar-refractivity contribution < 1.29 is 13.2 Å². The highest BCUT2D eigenvalue weighted by Gasteiger charge is 2.39. The van der Waals surface area contributed by atoms with Gasteiger partial charge in [-0.25, -0.2) is 0 Å². The minimum Gasteiger partial charge on any atom is -0.368 e. The quantitative estimate of drug-likeness (QED) is 0.925. The highest BCUT2D eigenvalue weighted by Crippen LogP contribution is 2.28. The number of piperazine rings is 1. The van der Waals surface area contributed by atoms with Crippen LogP contribution in [0.15, 0.2) is 24.3 Å². The summed E-state index contributed by atoms with van der Waals surface area (Å²) >= 11 is 6.14. The molecule has 1 heterocycles. The third-order valence-corrected chi connectivity index (χ3v) is 4.11. The zero-order valence-electron chi connectivity index (χ0n) is 11.6. The Balaban J connectivity index is 1.90. The summed E-state index contributed by atoms with van der Waals surface area (Å²) in [6, 6.07) is 7.51. The molecule has 1 aromatic carbocycles. The van der Waals surface area contributed by atoms with Gasteiger partial charge < -0.3 is 10.6 Å². The number of benzene rings is 1. The fraction of sp³-hybridized carbons (Fsp3) is 0.571. The van der Waals surface area contributed by atoms with Crippen molar-refractivity contribution in [2.75, 3.05) is 44.2 Å². The Morgan fingerprint density at radius 2 is 1.76 bits per heavy atom. The lowest BCUT2D eigenvalue weighted by Crippen LogP contribution is -2.50. The second kappa shape index (κ2) is 6.85. The van der Waals surface area contributed by atoms with Gasteiger partial charge in [0.25, 0.3) is 0 Å². The minimum absolute atomic E-state index is 0.0314. The molecule has 0 aliphatic carbocycles. The van der Waals surface area contributed by atoms with Crippen LogP contribution in [0.1, 0.15) is 0 Å². The van der Waals surface area contributed by atoms with Gasteiger partial charge in [0.05, 0.1) is 16.6 Å². The Hall–Kier alpha value is -0.980. The van der Waals surface area contributed by atoms with E-state index in [9.17, 15) is 13.2 Å². The summed E-state index contributed by atoms with van der Waals surface area (Å²) < 4.78 is 38.2. The fourth-order valence-electron chi connectivity index (χ4n) is 2.50. The van der Waals surface area contributed by atoms with Crippen LogP contribution in [0.25, 0.3) is 0 Å². The molecule has 7 heteroatoms. The van der Waals surface area contributed by atoms with Crippen molar-refractivity contribution >= 4 is 17.3 Å². The first-order valence-electron chi connectivity index (χ1n) is 6.90. The molecule has 0 amide bonds. The van der Waals surface area contributed by atoms with E-state index in [1.807, 2.05) is 29.2 Å². The summed E-state index contributed by atoms with van der Waals surface area (Å²) in [5.41, 5.74) is 6.17. The molecule has 1 saturated heterocycles. The first kappa shape index (κ1) is 16.4. The van der Waals surface area contributed by atoms with Crippen LogP contribution in [0.2, 0.25) is 5.02 Å². The number of rotatable bonds is 4. The SMILES string of the molecule is NCC(CN1CCN(c2ccccc2Cl)CC1)C(F)(F)F. The van der Waals surface area contributed by atoms with Crippen molar-refractivity contribution in [1.82, 2.24) is 4.90 Å². The zero-order valence-corrected chi connectivity index (χ0v) is 12.4. The molecule has 1 aliphatic rings. The Morgan fingerprint density at radius 3 is 2.29 bits per heavy atom. The van der Waals surface area contributed by atoms with Gasteiger partial charge in [-0.2, -0.15) is 13.2 Å². The van der Waals surface area contributed by atoms with Crippen LogP contribution in [0.5, 0.6) is 0 Å². The molecule has 0 saturated carbocycles. The third kappa shape index (κ3) is 4.25. The van der Waals surface area contributed by atoms with E-state index in [0.29, 0.717) is 31.2 Å². The number of hydrogen-bond acceptors (Lipinski definition) is 3. The number of nitrogens with zero attached hydrogens (tertiary/aromatic N) is 2. The maximum atomic E-state index is 12.7. The standard InChI is InChI=1S/C14H19ClF3N3/c15-12-3-1-2-4-13(12)21-7-5-20(6-8-21)10-11(9-19)14(16,17)18/h1-4,11H,5-10,19H2. The van der Waals surface area contributed by atoms with Gasteiger partial charge in [0.2, 0.25) is 0 Å². The van der Waals surface area contributed by atoms with Crippen LogP contribution in [-0.4, -0.2) is 50.3 Å². The molecule has 1 fully saturated rings. The molecule has 0 aromatic heterocycles. The first-order valence-corrected chi connectivity index (χ1v) is 7.28. The van der Waals surface area contributed by atoms with Gasteiger partial charge in [-0.05, 0) is 12.1 Å². The number of nitrogens with two attached hydrogens (primary N) is 1. The largest absolute Gasteiger partial charge is 0.394 e. The van der Waals surface area contributed by atoms with Crippen LogP contribution < -0.4 is 10.6 Å². The minimum atomic E-state index is -4.23. The van der Waals surface area contributed by atoms with Gasteiger partial charge in [-0.3, -0.25) is 4.90 Å². The number of halogens is 4. The summed E-state index contributed by atoms with van der Waals surface area (Å²) in [5.74, 6) is -1.45. The second-order valence-electron chi connectivity index (χ2n) is 5.21. The van der Waals surface area contributed by atoms with E-state index in [1.54, 1.807) is 0 Å². The predicted molar refractivity (Wildman–Crippen MR) is 78.7 cm³/mol. The molecule has 1 aromatic rings. The summed E-state index contributed by atoms with van der Waals surface area (Å²) in [6.07, 6.45) is -4.23. The van der Waals surface area contributed by atoms with Crippen molar-refractivity contribution in [1.29, 1.82) is 0 Å². The molecule has 0 spiro atoms. The molecule has 3 nitrogen and oxygen atoms in total.